The molecule has 86 valence electrons. The van der Waals surface area contributed by atoms with Gasteiger partial charge in [-0.3, -0.25) is 4.79 Å². The molecule has 15 heavy (non-hydrogen) atoms. The SMILES string of the molecule is CCCCCC1(C(=O)O)CC2CCC1O2. The van der Waals surface area contributed by atoms with Gasteiger partial charge in [-0.15, -0.1) is 0 Å². The molecular weight excluding hydrogens is 192 g/mol. The van der Waals surface area contributed by atoms with E-state index < -0.39 is 11.4 Å². The minimum absolute atomic E-state index is 0.00291. The summed E-state index contributed by atoms with van der Waals surface area (Å²) in [6, 6.07) is 0. The van der Waals surface area contributed by atoms with E-state index in [1.165, 1.54) is 0 Å². The van der Waals surface area contributed by atoms with Gasteiger partial charge in [0.2, 0.25) is 0 Å². The van der Waals surface area contributed by atoms with Crippen LogP contribution in [0, 0.1) is 5.41 Å². The molecule has 2 aliphatic heterocycles. The van der Waals surface area contributed by atoms with Crippen molar-refractivity contribution in [1.82, 2.24) is 0 Å². The zero-order valence-electron chi connectivity index (χ0n) is 9.37. The molecular formula is C12H20O3. The maximum absolute atomic E-state index is 11.4. The van der Waals surface area contributed by atoms with E-state index in [0.717, 1.165) is 44.9 Å². The molecule has 2 rings (SSSR count). The smallest absolute Gasteiger partial charge is 0.312 e. The second-order valence-corrected chi connectivity index (χ2v) is 4.95. The fraction of sp³-hybridized carbons (Fsp3) is 0.917. The molecule has 0 aromatic rings. The third-order valence-electron chi connectivity index (χ3n) is 3.97. The highest BCUT2D eigenvalue weighted by Crippen LogP contribution is 2.50. The number of hydrogen-bond donors (Lipinski definition) is 1. The number of hydrogen-bond acceptors (Lipinski definition) is 2. The van der Waals surface area contributed by atoms with Crippen molar-refractivity contribution >= 4 is 5.97 Å². The normalized spacial score (nSPS) is 38.5. The van der Waals surface area contributed by atoms with E-state index in [2.05, 4.69) is 6.92 Å². The van der Waals surface area contributed by atoms with Gasteiger partial charge in [-0.1, -0.05) is 26.2 Å². The van der Waals surface area contributed by atoms with Gasteiger partial charge in [-0.2, -0.15) is 0 Å². The quantitative estimate of drug-likeness (QED) is 0.712. The fourth-order valence-electron chi connectivity index (χ4n) is 3.09. The van der Waals surface area contributed by atoms with Crippen molar-refractivity contribution in [2.45, 2.75) is 64.1 Å². The molecule has 3 unspecified atom stereocenters. The Kier molecular flexibility index (Phi) is 3.01. The highest BCUT2D eigenvalue weighted by molar-refractivity contribution is 5.76. The lowest BCUT2D eigenvalue weighted by Crippen LogP contribution is -2.40. The Bertz CT molecular complexity index is 251. The number of unbranched alkanes of at least 4 members (excludes halogenated alkanes) is 2. The summed E-state index contributed by atoms with van der Waals surface area (Å²) >= 11 is 0. The lowest BCUT2D eigenvalue weighted by atomic mass is 9.71. The molecule has 2 bridgehead atoms. The van der Waals surface area contributed by atoms with Crippen LogP contribution in [0.2, 0.25) is 0 Å². The monoisotopic (exact) mass is 212 g/mol. The van der Waals surface area contributed by atoms with Gasteiger partial charge in [0.1, 0.15) is 0 Å². The van der Waals surface area contributed by atoms with Gasteiger partial charge in [0.05, 0.1) is 17.6 Å². The van der Waals surface area contributed by atoms with Crippen LogP contribution < -0.4 is 0 Å². The molecule has 2 saturated heterocycles. The second kappa shape index (κ2) is 4.12. The van der Waals surface area contributed by atoms with Gasteiger partial charge < -0.3 is 9.84 Å². The standard InChI is InChI=1S/C12H20O3/c1-2-3-4-7-12(11(13)14)8-9-5-6-10(12)15-9/h9-10H,2-8H2,1H3,(H,13,14). The third kappa shape index (κ3) is 1.78. The summed E-state index contributed by atoms with van der Waals surface area (Å²) in [6.07, 6.45) is 7.08. The van der Waals surface area contributed by atoms with Crippen molar-refractivity contribution in [1.29, 1.82) is 0 Å². The number of carboxylic acids is 1. The van der Waals surface area contributed by atoms with Gasteiger partial charge in [-0.05, 0) is 25.7 Å². The van der Waals surface area contributed by atoms with Crippen LogP contribution in [0.15, 0.2) is 0 Å². The van der Waals surface area contributed by atoms with Crippen LogP contribution >= 0.6 is 0 Å². The number of aliphatic carboxylic acids is 1. The first kappa shape index (κ1) is 10.9. The zero-order chi connectivity index (χ0) is 10.9. The van der Waals surface area contributed by atoms with E-state index in [9.17, 15) is 9.90 Å². The van der Waals surface area contributed by atoms with Crippen molar-refractivity contribution in [3.05, 3.63) is 0 Å². The van der Waals surface area contributed by atoms with Gasteiger partial charge in [-0.25, -0.2) is 0 Å². The maximum Gasteiger partial charge on any atom is 0.312 e. The predicted molar refractivity (Wildman–Crippen MR) is 56.7 cm³/mol. The van der Waals surface area contributed by atoms with E-state index in [4.69, 9.17) is 4.74 Å². The van der Waals surface area contributed by atoms with Crippen LogP contribution in [-0.4, -0.2) is 23.3 Å². The van der Waals surface area contributed by atoms with Gasteiger partial charge in [0.15, 0.2) is 0 Å². The average Bonchev–Trinajstić information content (AvgIpc) is 2.78. The number of carbonyl (C=O) groups is 1. The molecule has 2 aliphatic rings. The maximum atomic E-state index is 11.4. The van der Waals surface area contributed by atoms with Crippen LogP contribution in [0.5, 0.6) is 0 Å². The Labute approximate surface area is 90.8 Å². The number of fused-ring (bicyclic) bond motifs is 2. The van der Waals surface area contributed by atoms with Crippen LogP contribution in [0.1, 0.15) is 51.9 Å². The van der Waals surface area contributed by atoms with Gasteiger partial charge >= 0.3 is 5.97 Å². The molecule has 0 radical (unpaired) electrons. The summed E-state index contributed by atoms with van der Waals surface area (Å²) in [6.45, 7) is 2.14. The summed E-state index contributed by atoms with van der Waals surface area (Å²) in [4.78, 5) is 11.4. The highest BCUT2D eigenvalue weighted by Gasteiger charge is 2.56. The summed E-state index contributed by atoms with van der Waals surface area (Å²) in [5, 5.41) is 9.41. The van der Waals surface area contributed by atoms with Crippen LogP contribution in [0.4, 0.5) is 0 Å². The molecule has 0 aromatic heterocycles. The molecule has 3 heteroatoms. The first-order chi connectivity index (χ1) is 7.19. The highest BCUT2D eigenvalue weighted by atomic mass is 16.5. The zero-order valence-corrected chi connectivity index (χ0v) is 9.37. The van der Waals surface area contributed by atoms with E-state index in [1.54, 1.807) is 0 Å². The molecule has 2 heterocycles. The van der Waals surface area contributed by atoms with Crippen molar-refractivity contribution in [3.63, 3.8) is 0 Å². The Morgan fingerprint density at radius 2 is 2.27 bits per heavy atom. The molecule has 0 spiro atoms. The Hall–Kier alpha value is -0.570. The van der Waals surface area contributed by atoms with E-state index in [1.807, 2.05) is 0 Å². The average molecular weight is 212 g/mol. The Morgan fingerprint density at radius 3 is 2.73 bits per heavy atom. The predicted octanol–water partition coefficient (Wildman–Crippen LogP) is 2.59. The summed E-state index contributed by atoms with van der Waals surface area (Å²) in [7, 11) is 0. The first-order valence-electron chi connectivity index (χ1n) is 6.08. The van der Waals surface area contributed by atoms with Gasteiger partial charge in [0.25, 0.3) is 0 Å². The molecule has 0 saturated carbocycles. The third-order valence-corrected chi connectivity index (χ3v) is 3.97. The van der Waals surface area contributed by atoms with Crippen molar-refractivity contribution in [3.8, 4) is 0 Å². The minimum atomic E-state index is -0.634. The van der Waals surface area contributed by atoms with E-state index >= 15 is 0 Å². The molecule has 0 aliphatic carbocycles. The summed E-state index contributed by atoms with van der Waals surface area (Å²) in [5.74, 6) is -0.634. The minimum Gasteiger partial charge on any atom is -0.481 e. The molecule has 2 fully saturated rings. The number of rotatable bonds is 5. The van der Waals surface area contributed by atoms with Crippen molar-refractivity contribution < 1.29 is 14.6 Å². The number of ether oxygens (including phenoxy) is 1. The summed E-state index contributed by atoms with van der Waals surface area (Å²) < 4.78 is 5.70. The molecule has 3 atom stereocenters. The molecule has 0 aromatic carbocycles. The second-order valence-electron chi connectivity index (χ2n) is 4.95. The Morgan fingerprint density at radius 1 is 1.47 bits per heavy atom. The van der Waals surface area contributed by atoms with E-state index in [-0.39, 0.29) is 12.2 Å². The van der Waals surface area contributed by atoms with Gasteiger partial charge in [0, 0.05) is 0 Å². The van der Waals surface area contributed by atoms with Crippen LogP contribution in [0.3, 0.4) is 0 Å². The Balaban J connectivity index is 2.02. The van der Waals surface area contributed by atoms with Crippen LogP contribution in [-0.2, 0) is 9.53 Å². The topological polar surface area (TPSA) is 46.5 Å². The largest absolute Gasteiger partial charge is 0.481 e. The van der Waals surface area contributed by atoms with Crippen molar-refractivity contribution in [2.75, 3.05) is 0 Å². The molecule has 1 N–H and O–H groups in total. The fourth-order valence-corrected chi connectivity index (χ4v) is 3.09. The molecule has 0 amide bonds. The number of carboxylic acid groups (broad SMARTS) is 1. The van der Waals surface area contributed by atoms with E-state index in [0.29, 0.717) is 0 Å². The van der Waals surface area contributed by atoms with Crippen LogP contribution in [0.25, 0.3) is 0 Å². The lowest BCUT2D eigenvalue weighted by Gasteiger charge is -2.30. The lowest BCUT2D eigenvalue weighted by molar-refractivity contribution is -0.153. The van der Waals surface area contributed by atoms with Crippen molar-refractivity contribution in [2.24, 2.45) is 5.41 Å². The summed E-state index contributed by atoms with van der Waals surface area (Å²) in [5.41, 5.74) is -0.544. The first-order valence-corrected chi connectivity index (χ1v) is 6.08. The molecule has 3 nitrogen and oxygen atoms in total.